The molecule has 0 radical (unpaired) electrons. The predicted molar refractivity (Wildman–Crippen MR) is 116 cm³/mol. The van der Waals surface area contributed by atoms with E-state index in [2.05, 4.69) is 0 Å². The average molecular weight is 490 g/mol. The summed E-state index contributed by atoms with van der Waals surface area (Å²) in [6, 6.07) is 4.38. The van der Waals surface area contributed by atoms with Gasteiger partial charge in [-0.05, 0) is 41.5 Å². The molecule has 178 valence electrons. The summed E-state index contributed by atoms with van der Waals surface area (Å²) < 4.78 is 97.2. The average Bonchev–Trinajstić information content (AvgIpc) is 2.69. The molecule has 4 nitrogen and oxygen atoms in total. The Morgan fingerprint density at radius 3 is 1.61 bits per heavy atom. The molecule has 12 heteroatoms. The first kappa shape index (κ1) is 29.1. The summed E-state index contributed by atoms with van der Waals surface area (Å²) in [6.45, 7) is 5.59. The first-order chi connectivity index (χ1) is 14.9. The molecule has 0 fully saturated rings. The van der Waals surface area contributed by atoms with Crippen molar-refractivity contribution >= 4 is 38.3 Å². The van der Waals surface area contributed by atoms with Crippen molar-refractivity contribution in [3.05, 3.63) is 47.0 Å². The topological polar surface area (TPSA) is 44.8 Å². The molecule has 1 unspecified atom stereocenters. The van der Waals surface area contributed by atoms with Gasteiger partial charge in [0.05, 0.1) is 36.3 Å². The van der Waals surface area contributed by atoms with E-state index in [1.807, 2.05) is 0 Å². The Labute approximate surface area is 200 Å². The summed E-state index contributed by atoms with van der Waals surface area (Å²) in [5.41, 5.74) is -6.06. The molecule has 2 aromatic rings. The molecule has 0 saturated heterocycles. The molecule has 1 atom stereocenters. The van der Waals surface area contributed by atoms with Crippen LogP contribution in [0.1, 0.15) is 42.3 Å². The fourth-order valence-electron chi connectivity index (χ4n) is 2.92. The molecule has 0 heterocycles. The number of ether oxygens (including phenoxy) is 3. The summed E-state index contributed by atoms with van der Waals surface area (Å²) in [5.74, 6) is 0.505. The molecule has 0 aliphatic heterocycles. The Morgan fingerprint density at radius 2 is 1.24 bits per heavy atom. The zero-order chi connectivity index (χ0) is 24.1. The predicted octanol–water partition coefficient (Wildman–Crippen LogP) is 5.42. The van der Waals surface area contributed by atoms with Crippen molar-refractivity contribution in [3.8, 4) is 17.2 Å². The standard InChI is InChI=1S/C21H21F6O4P.Li.H/c1-4-29-12-10-15(30-5-2)18(16(11-12)31-6-3)32-19(28)17-13(20(22,23)24)8-7-9-14(17)21(25,26)27;;/h7-11,32H,4-6H2,1-3H3;;. The van der Waals surface area contributed by atoms with Crippen molar-refractivity contribution in [1.82, 2.24) is 0 Å². The molecule has 2 rings (SSSR count). The first-order valence-corrected chi connectivity index (χ1v) is 10.6. The number of hydrogen-bond acceptors (Lipinski definition) is 4. The fraction of sp³-hybridized carbons (Fsp3) is 0.381. The zero-order valence-corrected chi connectivity index (χ0v) is 18.4. The summed E-state index contributed by atoms with van der Waals surface area (Å²) in [7, 11) is -1.12. The van der Waals surface area contributed by atoms with E-state index in [1.54, 1.807) is 20.8 Å². The van der Waals surface area contributed by atoms with Crippen LogP contribution in [0.2, 0.25) is 0 Å². The second-order valence-corrected chi connectivity index (χ2v) is 7.48. The van der Waals surface area contributed by atoms with Crippen molar-refractivity contribution in [2.45, 2.75) is 33.1 Å². The summed E-state index contributed by atoms with van der Waals surface area (Å²) in [5, 5.41) is 0.0623. The molecule has 0 saturated carbocycles. The van der Waals surface area contributed by atoms with Crippen molar-refractivity contribution in [2.75, 3.05) is 19.8 Å². The molecule has 0 aliphatic carbocycles. The molecule has 2 aromatic carbocycles. The third-order valence-electron chi connectivity index (χ3n) is 4.09. The van der Waals surface area contributed by atoms with Crippen LogP contribution in [-0.2, 0) is 12.4 Å². The van der Waals surface area contributed by atoms with E-state index in [9.17, 15) is 31.1 Å². The number of alkyl halides is 6. The van der Waals surface area contributed by atoms with Crippen molar-refractivity contribution < 1.29 is 45.3 Å². The van der Waals surface area contributed by atoms with Gasteiger partial charge >= 0.3 is 31.2 Å². The van der Waals surface area contributed by atoms with E-state index in [4.69, 9.17) is 14.2 Å². The van der Waals surface area contributed by atoms with E-state index < -0.39 is 43.1 Å². The third kappa shape index (κ3) is 7.30. The Kier molecular flexibility index (Phi) is 10.6. The Hall–Kier alpha value is -1.88. The summed E-state index contributed by atoms with van der Waals surface area (Å²) in [6.07, 6.45) is -10.3. The number of carbonyl (C=O) groups is 1. The Balaban J connectivity index is 0.00000544. The zero-order valence-electron chi connectivity index (χ0n) is 17.4. The van der Waals surface area contributed by atoms with Gasteiger partial charge in [0.1, 0.15) is 17.2 Å². The van der Waals surface area contributed by atoms with E-state index in [-0.39, 0.29) is 48.9 Å². The van der Waals surface area contributed by atoms with Crippen LogP contribution in [0.5, 0.6) is 17.2 Å². The number of halogens is 6. The van der Waals surface area contributed by atoms with Crippen LogP contribution < -0.4 is 19.5 Å². The van der Waals surface area contributed by atoms with Crippen LogP contribution in [0.25, 0.3) is 0 Å². The van der Waals surface area contributed by atoms with Crippen LogP contribution >= 0.6 is 8.58 Å². The minimum atomic E-state index is -5.15. The molecule has 0 aliphatic rings. The van der Waals surface area contributed by atoms with Gasteiger partial charge < -0.3 is 14.2 Å². The van der Waals surface area contributed by atoms with Gasteiger partial charge in [-0.25, -0.2) is 0 Å². The van der Waals surface area contributed by atoms with Gasteiger partial charge in [-0.3, -0.25) is 4.79 Å². The van der Waals surface area contributed by atoms with Crippen LogP contribution in [0.15, 0.2) is 30.3 Å². The second kappa shape index (κ2) is 12.0. The number of hydrogen-bond donors (Lipinski definition) is 0. The first-order valence-electron chi connectivity index (χ1n) is 9.59. The van der Waals surface area contributed by atoms with Crippen LogP contribution in [0, 0.1) is 0 Å². The quantitative estimate of drug-likeness (QED) is 0.268. The van der Waals surface area contributed by atoms with E-state index >= 15 is 0 Å². The van der Waals surface area contributed by atoms with Crippen molar-refractivity contribution in [2.24, 2.45) is 0 Å². The van der Waals surface area contributed by atoms with Gasteiger partial charge in [-0.1, -0.05) is 6.07 Å². The molecule has 0 N–H and O–H groups in total. The number of rotatable bonds is 9. The maximum atomic E-state index is 13.5. The molecular formula is C21H22F6LiO4P. The SMILES string of the molecule is CCOc1cc(OCC)c(PC(=O)c2c(C(F)(F)F)cccc2C(F)(F)F)c(OCC)c1.[LiH]. The van der Waals surface area contributed by atoms with Crippen LogP contribution in [0.4, 0.5) is 26.3 Å². The third-order valence-corrected chi connectivity index (χ3v) is 5.31. The van der Waals surface area contributed by atoms with Crippen LogP contribution in [-0.4, -0.2) is 44.2 Å². The van der Waals surface area contributed by atoms with Crippen LogP contribution in [0.3, 0.4) is 0 Å². The molecule has 0 spiro atoms. The molecular weight excluding hydrogens is 468 g/mol. The summed E-state index contributed by atoms with van der Waals surface area (Å²) >= 11 is 0. The molecule has 0 aromatic heterocycles. The summed E-state index contributed by atoms with van der Waals surface area (Å²) in [4.78, 5) is 12.9. The minimum absolute atomic E-state index is 0. The fourth-order valence-corrected chi connectivity index (χ4v) is 4.08. The second-order valence-electron chi connectivity index (χ2n) is 6.27. The number of benzene rings is 2. The van der Waals surface area contributed by atoms with Gasteiger partial charge in [-0.15, -0.1) is 0 Å². The number of carbonyl (C=O) groups excluding carboxylic acids is 1. The van der Waals surface area contributed by atoms with Gasteiger partial charge in [0.2, 0.25) is 0 Å². The molecule has 33 heavy (non-hydrogen) atoms. The normalized spacial score (nSPS) is 11.9. The van der Waals surface area contributed by atoms with E-state index in [1.165, 1.54) is 12.1 Å². The van der Waals surface area contributed by atoms with E-state index in [0.29, 0.717) is 30.6 Å². The van der Waals surface area contributed by atoms with Gasteiger partial charge in [-0.2, -0.15) is 26.3 Å². The van der Waals surface area contributed by atoms with Crippen molar-refractivity contribution in [1.29, 1.82) is 0 Å². The molecule has 0 amide bonds. The van der Waals surface area contributed by atoms with Gasteiger partial charge in [0, 0.05) is 17.7 Å². The van der Waals surface area contributed by atoms with E-state index in [0.717, 1.165) is 0 Å². The van der Waals surface area contributed by atoms with Gasteiger partial charge in [0.15, 0.2) is 5.52 Å². The molecule has 0 bridgehead atoms. The Bertz CT molecular complexity index is 903. The Morgan fingerprint density at radius 1 is 0.818 bits per heavy atom. The van der Waals surface area contributed by atoms with Crippen molar-refractivity contribution in [3.63, 3.8) is 0 Å². The van der Waals surface area contributed by atoms with Gasteiger partial charge in [0.25, 0.3) is 0 Å². The maximum absolute atomic E-state index is 13.5. The monoisotopic (exact) mass is 490 g/mol.